The summed E-state index contributed by atoms with van der Waals surface area (Å²) >= 11 is 0. The van der Waals surface area contributed by atoms with Crippen LogP contribution in [0.4, 0.5) is 5.69 Å². The van der Waals surface area contributed by atoms with Gasteiger partial charge in [0.15, 0.2) is 0 Å². The molecule has 0 saturated heterocycles. The number of benzene rings is 1. The number of carbonyl (C=O) groups is 1. The van der Waals surface area contributed by atoms with Crippen molar-refractivity contribution in [3.05, 3.63) is 30.3 Å². The topological polar surface area (TPSA) is 32.3 Å². The van der Waals surface area contributed by atoms with Crippen molar-refractivity contribution in [2.24, 2.45) is 5.92 Å². The molecule has 0 spiro atoms. The summed E-state index contributed by atoms with van der Waals surface area (Å²) in [4.78, 5) is 14.0. The second-order valence-corrected chi connectivity index (χ2v) is 4.87. The van der Waals surface area contributed by atoms with Gasteiger partial charge in [0, 0.05) is 31.2 Å². The van der Waals surface area contributed by atoms with Gasteiger partial charge in [-0.3, -0.25) is 4.79 Å². The molecule has 1 atom stereocenters. The van der Waals surface area contributed by atoms with Gasteiger partial charge in [0.05, 0.1) is 0 Å². The molecule has 1 aromatic carbocycles. The van der Waals surface area contributed by atoms with Crippen LogP contribution in [-0.2, 0) is 4.79 Å². The number of nitrogens with zero attached hydrogens (tertiary/aromatic N) is 1. The molecule has 0 unspecified atom stereocenters. The van der Waals surface area contributed by atoms with Crippen molar-refractivity contribution in [2.45, 2.75) is 33.6 Å². The molecule has 106 valence electrons. The van der Waals surface area contributed by atoms with Crippen LogP contribution >= 0.6 is 0 Å². The van der Waals surface area contributed by atoms with Crippen molar-refractivity contribution >= 4 is 11.6 Å². The fraction of sp³-hybridized carbons (Fsp3) is 0.562. The Morgan fingerprint density at radius 3 is 2.53 bits per heavy atom. The van der Waals surface area contributed by atoms with Crippen LogP contribution in [-0.4, -0.2) is 25.5 Å². The Morgan fingerprint density at radius 1 is 1.26 bits per heavy atom. The molecular formula is C16H26N2O. The minimum atomic E-state index is 0.122. The SMILES string of the molecule is CC[C@@H](C)C(=O)NCCCN(CC)c1ccccc1. The van der Waals surface area contributed by atoms with Gasteiger partial charge >= 0.3 is 0 Å². The molecule has 0 saturated carbocycles. The third-order valence-electron chi connectivity index (χ3n) is 3.47. The largest absolute Gasteiger partial charge is 0.372 e. The van der Waals surface area contributed by atoms with E-state index in [0.717, 1.165) is 32.5 Å². The van der Waals surface area contributed by atoms with E-state index in [1.165, 1.54) is 5.69 Å². The van der Waals surface area contributed by atoms with Gasteiger partial charge in [-0.2, -0.15) is 0 Å². The first-order chi connectivity index (χ1) is 9.19. The monoisotopic (exact) mass is 262 g/mol. The molecule has 0 aromatic heterocycles. The molecule has 1 amide bonds. The fourth-order valence-corrected chi connectivity index (χ4v) is 1.95. The first-order valence-corrected chi connectivity index (χ1v) is 7.26. The summed E-state index contributed by atoms with van der Waals surface area (Å²) in [5.74, 6) is 0.293. The van der Waals surface area contributed by atoms with Crippen molar-refractivity contribution in [3.63, 3.8) is 0 Å². The molecule has 0 radical (unpaired) electrons. The van der Waals surface area contributed by atoms with Crippen LogP contribution < -0.4 is 10.2 Å². The lowest BCUT2D eigenvalue weighted by atomic mass is 10.1. The number of rotatable bonds is 8. The smallest absolute Gasteiger partial charge is 0.222 e. The van der Waals surface area contributed by atoms with E-state index in [1.807, 2.05) is 19.9 Å². The van der Waals surface area contributed by atoms with Crippen LogP contribution in [0.1, 0.15) is 33.6 Å². The summed E-state index contributed by atoms with van der Waals surface area (Å²) in [6.45, 7) is 8.89. The Bertz CT molecular complexity index is 364. The molecule has 0 aliphatic rings. The zero-order valence-corrected chi connectivity index (χ0v) is 12.4. The van der Waals surface area contributed by atoms with Gasteiger partial charge in [0.25, 0.3) is 0 Å². The molecule has 0 bridgehead atoms. The molecule has 1 aromatic rings. The molecule has 19 heavy (non-hydrogen) atoms. The molecule has 1 N–H and O–H groups in total. The van der Waals surface area contributed by atoms with Gasteiger partial charge in [0.1, 0.15) is 0 Å². The van der Waals surface area contributed by atoms with Crippen molar-refractivity contribution in [3.8, 4) is 0 Å². The number of anilines is 1. The predicted molar refractivity (Wildman–Crippen MR) is 81.4 cm³/mol. The number of hydrogen-bond acceptors (Lipinski definition) is 2. The Morgan fingerprint density at radius 2 is 1.95 bits per heavy atom. The van der Waals surface area contributed by atoms with Crippen molar-refractivity contribution in [1.29, 1.82) is 0 Å². The molecule has 0 aliphatic carbocycles. The highest BCUT2D eigenvalue weighted by Crippen LogP contribution is 2.12. The van der Waals surface area contributed by atoms with Crippen LogP contribution in [0.15, 0.2) is 30.3 Å². The van der Waals surface area contributed by atoms with E-state index in [-0.39, 0.29) is 11.8 Å². The molecule has 0 fully saturated rings. The molecule has 3 heteroatoms. The minimum Gasteiger partial charge on any atom is -0.372 e. The van der Waals surface area contributed by atoms with Crippen molar-refractivity contribution in [2.75, 3.05) is 24.5 Å². The Labute approximate surface area is 117 Å². The van der Waals surface area contributed by atoms with E-state index in [4.69, 9.17) is 0 Å². The number of carbonyl (C=O) groups excluding carboxylic acids is 1. The van der Waals surface area contributed by atoms with E-state index >= 15 is 0 Å². The molecule has 0 aliphatic heterocycles. The second kappa shape index (κ2) is 8.57. The fourth-order valence-electron chi connectivity index (χ4n) is 1.95. The van der Waals surface area contributed by atoms with Crippen molar-refractivity contribution in [1.82, 2.24) is 5.32 Å². The Hall–Kier alpha value is -1.51. The van der Waals surface area contributed by atoms with E-state index in [0.29, 0.717) is 0 Å². The Balaban J connectivity index is 2.30. The summed E-state index contributed by atoms with van der Waals surface area (Å²) in [7, 11) is 0. The third-order valence-corrected chi connectivity index (χ3v) is 3.47. The minimum absolute atomic E-state index is 0.122. The van der Waals surface area contributed by atoms with Crippen LogP contribution in [0.2, 0.25) is 0 Å². The van der Waals surface area contributed by atoms with E-state index < -0.39 is 0 Å². The van der Waals surface area contributed by atoms with Crippen LogP contribution in [0, 0.1) is 5.92 Å². The van der Waals surface area contributed by atoms with Crippen LogP contribution in [0.3, 0.4) is 0 Å². The lowest BCUT2D eigenvalue weighted by molar-refractivity contribution is -0.124. The average molecular weight is 262 g/mol. The van der Waals surface area contributed by atoms with Crippen LogP contribution in [0.25, 0.3) is 0 Å². The quantitative estimate of drug-likeness (QED) is 0.730. The summed E-state index contributed by atoms with van der Waals surface area (Å²) in [5.41, 5.74) is 1.25. The molecule has 0 heterocycles. The molecular weight excluding hydrogens is 236 g/mol. The summed E-state index contributed by atoms with van der Waals surface area (Å²) in [6, 6.07) is 10.4. The summed E-state index contributed by atoms with van der Waals surface area (Å²) < 4.78 is 0. The average Bonchev–Trinajstić information content (AvgIpc) is 2.47. The van der Waals surface area contributed by atoms with E-state index in [2.05, 4.69) is 41.4 Å². The van der Waals surface area contributed by atoms with Gasteiger partial charge < -0.3 is 10.2 Å². The highest BCUT2D eigenvalue weighted by molar-refractivity contribution is 5.78. The first-order valence-electron chi connectivity index (χ1n) is 7.26. The normalized spacial score (nSPS) is 11.9. The third kappa shape index (κ3) is 5.33. The number of hydrogen-bond donors (Lipinski definition) is 1. The molecule has 3 nitrogen and oxygen atoms in total. The van der Waals surface area contributed by atoms with Gasteiger partial charge in [-0.25, -0.2) is 0 Å². The highest BCUT2D eigenvalue weighted by Gasteiger charge is 2.09. The van der Waals surface area contributed by atoms with Crippen LogP contribution in [0.5, 0.6) is 0 Å². The van der Waals surface area contributed by atoms with Gasteiger partial charge in [-0.1, -0.05) is 32.0 Å². The maximum atomic E-state index is 11.6. The number of amides is 1. The maximum absolute atomic E-state index is 11.6. The summed E-state index contributed by atoms with van der Waals surface area (Å²) in [5, 5.41) is 3.00. The van der Waals surface area contributed by atoms with E-state index in [9.17, 15) is 4.79 Å². The zero-order valence-electron chi connectivity index (χ0n) is 12.4. The lowest BCUT2D eigenvalue weighted by Crippen LogP contribution is -2.32. The maximum Gasteiger partial charge on any atom is 0.222 e. The molecule has 1 rings (SSSR count). The lowest BCUT2D eigenvalue weighted by Gasteiger charge is -2.23. The first kappa shape index (κ1) is 15.5. The second-order valence-electron chi connectivity index (χ2n) is 4.87. The van der Waals surface area contributed by atoms with Crippen molar-refractivity contribution < 1.29 is 4.79 Å². The number of para-hydroxylation sites is 1. The zero-order chi connectivity index (χ0) is 14.1. The van der Waals surface area contributed by atoms with Gasteiger partial charge in [0.2, 0.25) is 5.91 Å². The standard InChI is InChI=1S/C16H26N2O/c1-4-14(3)16(19)17-12-9-13-18(5-2)15-10-7-6-8-11-15/h6-8,10-11,14H,4-5,9,12-13H2,1-3H3,(H,17,19)/t14-/m1/s1. The summed E-state index contributed by atoms with van der Waals surface area (Å²) in [6.07, 6.45) is 1.88. The predicted octanol–water partition coefficient (Wildman–Crippen LogP) is 3.07. The number of nitrogens with one attached hydrogen (secondary N) is 1. The highest BCUT2D eigenvalue weighted by atomic mass is 16.1. The Kier molecular flexibility index (Phi) is 7.01. The van der Waals surface area contributed by atoms with Gasteiger partial charge in [-0.05, 0) is 31.9 Å². The van der Waals surface area contributed by atoms with E-state index in [1.54, 1.807) is 0 Å². The van der Waals surface area contributed by atoms with Gasteiger partial charge in [-0.15, -0.1) is 0 Å².